The van der Waals surface area contributed by atoms with Crippen LogP contribution >= 0.6 is 15.9 Å². The average molecular weight is 268 g/mol. The minimum atomic E-state index is -5.52. The number of halogens is 5. The van der Waals surface area contributed by atoms with Crippen molar-refractivity contribution in [3.05, 3.63) is 40.0 Å². The Kier molecular flexibility index (Phi) is 3.36. The highest BCUT2D eigenvalue weighted by Gasteiger charge is 2.29. The molecule has 6 heteroatoms. The Bertz CT molecular complexity index is 341. The maximum atomic E-state index is 12.4. The van der Waals surface area contributed by atoms with Crippen LogP contribution in [0.2, 0.25) is 0 Å². The average Bonchev–Trinajstić information content (AvgIpc) is 2.07. The second-order valence-corrected chi connectivity index (χ2v) is 3.57. The molecule has 1 aromatic rings. The van der Waals surface area contributed by atoms with E-state index in [1.165, 1.54) is 12.1 Å². The van der Waals surface area contributed by atoms with Crippen LogP contribution in [-0.4, -0.2) is 6.98 Å². The van der Waals surface area contributed by atoms with E-state index in [-0.39, 0.29) is 5.56 Å². The summed E-state index contributed by atoms with van der Waals surface area (Å²) < 4.78 is 48.6. The van der Waals surface area contributed by atoms with Crippen molar-refractivity contribution in [2.45, 2.75) is 0 Å². The molecule has 0 atom stereocenters. The van der Waals surface area contributed by atoms with Gasteiger partial charge in [-0.2, -0.15) is 0 Å². The van der Waals surface area contributed by atoms with E-state index in [0.29, 0.717) is 6.08 Å². The molecule has 0 spiro atoms. The maximum Gasteiger partial charge on any atom is 0.537 e. The van der Waals surface area contributed by atoms with Crippen molar-refractivity contribution < 1.29 is 17.3 Å². The Morgan fingerprint density at radius 2 is 1.64 bits per heavy atom. The normalized spacial score (nSPS) is 13.1. The standard InChI is InChI=1S/C8H5BBrF4/c10-7-3-1-6(2-4-7)5-8(11)9(12,13)14/h1-5H/q-1/b8-5-. The lowest BCUT2D eigenvalue weighted by molar-refractivity contribution is 0.454. The molecule has 0 aliphatic rings. The van der Waals surface area contributed by atoms with Crippen LogP contribution < -0.4 is 0 Å². The van der Waals surface area contributed by atoms with Crippen molar-refractivity contribution in [1.29, 1.82) is 0 Å². The number of hydrogen-bond acceptors (Lipinski definition) is 0. The molecule has 0 saturated heterocycles. The molecule has 0 bridgehead atoms. The van der Waals surface area contributed by atoms with Crippen LogP contribution in [0.15, 0.2) is 34.5 Å². The molecular weight excluding hydrogens is 263 g/mol. The molecule has 14 heavy (non-hydrogen) atoms. The van der Waals surface area contributed by atoms with E-state index in [1.807, 2.05) is 0 Å². The predicted molar refractivity (Wildman–Crippen MR) is 52.3 cm³/mol. The summed E-state index contributed by atoms with van der Waals surface area (Å²) >= 11 is 3.12. The Morgan fingerprint density at radius 1 is 1.14 bits per heavy atom. The van der Waals surface area contributed by atoms with E-state index in [1.54, 1.807) is 12.1 Å². The second-order valence-electron chi connectivity index (χ2n) is 2.66. The minimum absolute atomic E-state index is 0.185. The van der Waals surface area contributed by atoms with Crippen LogP contribution in [0.5, 0.6) is 0 Å². The van der Waals surface area contributed by atoms with Gasteiger partial charge in [-0.25, -0.2) is 4.39 Å². The SMILES string of the molecule is F/C(=C\c1ccc(Br)cc1)[B-](F)(F)F. The molecule has 0 saturated carbocycles. The predicted octanol–water partition coefficient (Wildman–Crippen LogP) is 4.15. The summed E-state index contributed by atoms with van der Waals surface area (Å²) in [7, 11) is 0. The molecule has 0 aliphatic carbocycles. The zero-order chi connectivity index (χ0) is 10.8. The second kappa shape index (κ2) is 4.17. The van der Waals surface area contributed by atoms with Crippen LogP contribution in [0.3, 0.4) is 0 Å². The van der Waals surface area contributed by atoms with Crippen LogP contribution in [0.25, 0.3) is 6.08 Å². The van der Waals surface area contributed by atoms with E-state index in [2.05, 4.69) is 15.9 Å². The molecule has 0 aromatic heterocycles. The molecule has 0 heterocycles. The van der Waals surface area contributed by atoms with E-state index in [0.717, 1.165) is 4.47 Å². The first-order valence-electron chi connectivity index (χ1n) is 3.72. The van der Waals surface area contributed by atoms with Crippen molar-refractivity contribution in [2.75, 3.05) is 0 Å². The van der Waals surface area contributed by atoms with Crippen LogP contribution in [-0.2, 0) is 0 Å². The van der Waals surface area contributed by atoms with Gasteiger partial charge in [-0.3, -0.25) is 0 Å². The third kappa shape index (κ3) is 3.18. The van der Waals surface area contributed by atoms with Gasteiger partial charge in [0.05, 0.1) is 0 Å². The van der Waals surface area contributed by atoms with E-state index >= 15 is 0 Å². The zero-order valence-corrected chi connectivity index (χ0v) is 8.44. The van der Waals surface area contributed by atoms with Crippen molar-refractivity contribution in [3.63, 3.8) is 0 Å². The highest BCUT2D eigenvalue weighted by molar-refractivity contribution is 9.10. The van der Waals surface area contributed by atoms with E-state index in [4.69, 9.17) is 0 Å². The first-order chi connectivity index (χ1) is 6.39. The lowest BCUT2D eigenvalue weighted by Crippen LogP contribution is -2.15. The fourth-order valence-electron chi connectivity index (χ4n) is 0.813. The highest BCUT2D eigenvalue weighted by atomic mass is 79.9. The molecule has 1 aromatic carbocycles. The lowest BCUT2D eigenvalue weighted by atomic mass is 9.88. The van der Waals surface area contributed by atoms with Gasteiger partial charge in [-0.1, -0.05) is 34.1 Å². The Hall–Kier alpha value is -0.775. The first kappa shape index (κ1) is 11.3. The van der Waals surface area contributed by atoms with Crippen molar-refractivity contribution >= 4 is 29.0 Å². The molecule has 0 aliphatic heterocycles. The van der Waals surface area contributed by atoms with Crippen LogP contribution in [0.4, 0.5) is 17.3 Å². The fraction of sp³-hybridized carbons (Fsp3) is 0. The van der Waals surface area contributed by atoms with Gasteiger partial charge in [0.1, 0.15) is 0 Å². The fourth-order valence-corrected chi connectivity index (χ4v) is 1.08. The Balaban J connectivity index is 2.93. The Labute approximate surface area is 86.8 Å². The third-order valence-corrected chi connectivity index (χ3v) is 2.02. The monoisotopic (exact) mass is 267 g/mol. The van der Waals surface area contributed by atoms with E-state index < -0.39 is 12.7 Å². The van der Waals surface area contributed by atoms with Crippen molar-refractivity contribution in [2.24, 2.45) is 0 Å². The summed E-state index contributed by atoms with van der Waals surface area (Å²) in [6.45, 7) is -5.52. The van der Waals surface area contributed by atoms with Gasteiger partial charge in [0, 0.05) is 10.2 Å². The summed E-state index contributed by atoms with van der Waals surface area (Å²) in [4.78, 5) is 0. The summed E-state index contributed by atoms with van der Waals surface area (Å²) in [5, 5.41) is 0. The molecule has 1 rings (SSSR count). The van der Waals surface area contributed by atoms with Crippen LogP contribution in [0, 0.1) is 0 Å². The number of rotatable bonds is 2. The molecule has 0 nitrogen and oxygen atoms in total. The van der Waals surface area contributed by atoms with Gasteiger partial charge in [0.25, 0.3) is 0 Å². The lowest BCUT2D eigenvalue weighted by Gasteiger charge is -2.10. The number of benzene rings is 1. The molecule has 0 amide bonds. The summed E-state index contributed by atoms with van der Waals surface area (Å²) in [6.07, 6.45) is 0.479. The van der Waals surface area contributed by atoms with E-state index in [9.17, 15) is 17.3 Å². The molecule has 76 valence electrons. The molecular formula is C8H5BBrF4-. The molecule has 0 N–H and O–H groups in total. The summed E-state index contributed by atoms with van der Waals surface area (Å²) in [5.41, 5.74) is -1.85. The van der Waals surface area contributed by atoms with Gasteiger partial charge in [-0.05, 0) is 17.7 Å². The van der Waals surface area contributed by atoms with Gasteiger partial charge in [0.2, 0.25) is 0 Å². The molecule has 0 unspecified atom stereocenters. The molecule has 0 radical (unpaired) electrons. The van der Waals surface area contributed by atoms with Gasteiger partial charge in [-0.15, -0.1) is 0 Å². The first-order valence-corrected chi connectivity index (χ1v) is 4.51. The van der Waals surface area contributed by atoms with Gasteiger partial charge < -0.3 is 12.9 Å². The van der Waals surface area contributed by atoms with Gasteiger partial charge >= 0.3 is 6.98 Å². The van der Waals surface area contributed by atoms with Gasteiger partial charge in [0.15, 0.2) is 0 Å². The van der Waals surface area contributed by atoms with Crippen molar-refractivity contribution in [3.8, 4) is 0 Å². The van der Waals surface area contributed by atoms with Crippen molar-refractivity contribution in [1.82, 2.24) is 0 Å². The summed E-state index contributed by atoms with van der Waals surface area (Å²) in [6, 6.07) is 5.88. The quantitative estimate of drug-likeness (QED) is 0.558. The smallest absolute Gasteiger partial charge is 0.443 e. The maximum absolute atomic E-state index is 12.4. The minimum Gasteiger partial charge on any atom is -0.443 e. The largest absolute Gasteiger partial charge is 0.537 e. The topological polar surface area (TPSA) is 0 Å². The van der Waals surface area contributed by atoms with Crippen LogP contribution in [0.1, 0.15) is 5.56 Å². The molecule has 0 fully saturated rings. The third-order valence-electron chi connectivity index (χ3n) is 1.49. The zero-order valence-electron chi connectivity index (χ0n) is 6.85. The summed E-state index contributed by atoms with van der Waals surface area (Å²) in [5.74, 6) is 0. The number of hydrogen-bond donors (Lipinski definition) is 0. The highest BCUT2D eigenvalue weighted by Crippen LogP contribution is 2.23. The Morgan fingerprint density at radius 3 is 2.07 bits per heavy atom.